The van der Waals surface area contributed by atoms with Crippen molar-refractivity contribution in [1.29, 1.82) is 15.8 Å². The predicted octanol–water partition coefficient (Wildman–Crippen LogP) is 8.32. The molecule has 41 heavy (non-hydrogen) atoms. The van der Waals surface area contributed by atoms with Gasteiger partial charge in [0.15, 0.2) is 11.3 Å². The number of allylic oxidation sites excluding steroid dienone is 2. The third kappa shape index (κ3) is 4.76. The Labute approximate surface area is 242 Å². The molecule has 0 spiro atoms. The first kappa shape index (κ1) is 27.7. The Morgan fingerprint density at radius 1 is 0.902 bits per heavy atom. The summed E-state index contributed by atoms with van der Waals surface area (Å²) in [4.78, 5) is 3.76. The summed E-state index contributed by atoms with van der Waals surface area (Å²) < 4.78 is 52.2. The first-order valence-electron chi connectivity index (χ1n) is 12.1. The highest BCUT2D eigenvalue weighted by molar-refractivity contribution is 7.29. The highest BCUT2D eigenvalue weighted by Gasteiger charge is 2.65. The summed E-state index contributed by atoms with van der Waals surface area (Å²) in [6.07, 6.45) is -2.32. The number of fused-ring (bicyclic) bond motifs is 1. The van der Waals surface area contributed by atoms with E-state index in [1.807, 2.05) is 55.4 Å². The van der Waals surface area contributed by atoms with Crippen molar-refractivity contribution < 1.29 is 17.9 Å². The zero-order valence-corrected chi connectivity index (χ0v) is 23.3. The number of ether oxygens (including phenoxy) is 1. The molecule has 0 amide bonds. The number of alkyl halides is 3. The third-order valence-corrected chi connectivity index (χ3v) is 8.89. The van der Waals surface area contributed by atoms with Crippen molar-refractivity contribution >= 4 is 43.8 Å². The van der Waals surface area contributed by atoms with E-state index in [1.54, 1.807) is 35.6 Å². The zero-order chi connectivity index (χ0) is 29.4. The van der Waals surface area contributed by atoms with Crippen molar-refractivity contribution in [3.63, 3.8) is 0 Å². The van der Waals surface area contributed by atoms with E-state index >= 15 is 0 Å². The second kappa shape index (κ2) is 10.6. The lowest BCUT2D eigenvalue weighted by atomic mass is 9.84. The lowest BCUT2D eigenvalue weighted by molar-refractivity contribution is -0.249. The van der Waals surface area contributed by atoms with Crippen LogP contribution >= 0.6 is 22.7 Å². The predicted molar refractivity (Wildman–Crippen MR) is 155 cm³/mol. The molecule has 5 nitrogen and oxygen atoms in total. The number of anilines is 1. The Balaban J connectivity index is 1.60. The normalized spacial score (nSPS) is 16.9. The van der Waals surface area contributed by atoms with Gasteiger partial charge in [-0.05, 0) is 35.9 Å². The van der Waals surface area contributed by atoms with Gasteiger partial charge in [0, 0.05) is 50.1 Å². The van der Waals surface area contributed by atoms with Crippen LogP contribution in [0.1, 0.15) is 10.4 Å². The van der Waals surface area contributed by atoms with Crippen molar-refractivity contribution in [3.8, 4) is 28.6 Å². The highest BCUT2D eigenvalue weighted by atomic mass is 32.1. The molecule has 10 heteroatoms. The Hall–Kier alpha value is -4.82. The smallest absolute Gasteiger partial charge is 0.437 e. The third-order valence-electron chi connectivity index (χ3n) is 6.58. The second-order valence-corrected chi connectivity index (χ2v) is 11.4. The summed E-state index contributed by atoms with van der Waals surface area (Å²) in [5, 5.41) is 28.7. The molecular weight excluding hydrogens is 565 g/mol. The van der Waals surface area contributed by atoms with Gasteiger partial charge in [-0.15, -0.1) is 22.7 Å². The number of benzene rings is 2. The standard InChI is InChI=1S/C31H19F3N4OS2/c1-38(2)22-10-8-19(9-11-22)26-15-28-27(41-26)14-23(40-28)12-13-25-24(18-37)29(20(16-35)17-36)39-30(25,31(32,33)34)21-6-4-3-5-7-21/h3-15H,1-2H3/b13-12+. The van der Waals surface area contributed by atoms with E-state index in [1.165, 1.54) is 47.8 Å². The molecule has 202 valence electrons. The molecule has 0 saturated carbocycles. The van der Waals surface area contributed by atoms with Crippen LogP contribution < -0.4 is 4.90 Å². The van der Waals surface area contributed by atoms with Crippen LogP contribution in [0.4, 0.5) is 18.9 Å². The Kier molecular flexibility index (Phi) is 7.19. The van der Waals surface area contributed by atoms with Crippen LogP contribution in [0.15, 0.2) is 95.3 Å². The number of nitrogens with zero attached hydrogens (tertiary/aromatic N) is 4. The highest BCUT2D eigenvalue weighted by Crippen LogP contribution is 2.56. The van der Waals surface area contributed by atoms with E-state index in [9.17, 15) is 29.0 Å². The van der Waals surface area contributed by atoms with Crippen molar-refractivity contribution in [3.05, 3.63) is 106 Å². The fraction of sp³-hybridized carbons (Fsp3) is 0.129. The lowest BCUT2D eigenvalue weighted by Gasteiger charge is -2.33. The zero-order valence-electron chi connectivity index (χ0n) is 21.7. The summed E-state index contributed by atoms with van der Waals surface area (Å²) in [5.41, 5.74) is -2.92. The maximum absolute atomic E-state index is 14.9. The maximum atomic E-state index is 14.9. The van der Waals surface area contributed by atoms with Crippen molar-refractivity contribution in [2.45, 2.75) is 11.8 Å². The van der Waals surface area contributed by atoms with Crippen LogP contribution in [0.25, 0.3) is 25.9 Å². The summed E-state index contributed by atoms with van der Waals surface area (Å²) >= 11 is 2.98. The molecule has 0 radical (unpaired) electrons. The van der Waals surface area contributed by atoms with Gasteiger partial charge < -0.3 is 9.64 Å². The van der Waals surface area contributed by atoms with E-state index in [4.69, 9.17) is 4.74 Å². The molecule has 5 rings (SSSR count). The average Bonchev–Trinajstić information content (AvgIpc) is 3.63. The Morgan fingerprint density at radius 2 is 1.56 bits per heavy atom. The van der Waals surface area contributed by atoms with Crippen LogP contribution in [0.5, 0.6) is 0 Å². The summed E-state index contributed by atoms with van der Waals surface area (Å²) in [5.74, 6) is -0.685. The molecule has 0 bridgehead atoms. The van der Waals surface area contributed by atoms with Gasteiger partial charge in [0.05, 0.1) is 0 Å². The van der Waals surface area contributed by atoms with Gasteiger partial charge in [0.25, 0.3) is 5.60 Å². The van der Waals surface area contributed by atoms with E-state index in [0.29, 0.717) is 4.88 Å². The molecule has 0 fully saturated rings. The van der Waals surface area contributed by atoms with Gasteiger partial charge in [-0.25, -0.2) is 0 Å². The van der Waals surface area contributed by atoms with Gasteiger partial charge in [0.2, 0.25) is 0 Å². The molecule has 0 aliphatic carbocycles. The molecule has 1 unspecified atom stereocenters. The number of hydrogen-bond donors (Lipinski definition) is 0. The molecule has 0 N–H and O–H groups in total. The summed E-state index contributed by atoms with van der Waals surface area (Å²) in [6.45, 7) is 0. The van der Waals surface area contributed by atoms with Gasteiger partial charge >= 0.3 is 6.18 Å². The number of rotatable bonds is 5. The largest absolute Gasteiger partial charge is 0.465 e. The molecule has 3 heterocycles. The van der Waals surface area contributed by atoms with E-state index in [-0.39, 0.29) is 5.56 Å². The van der Waals surface area contributed by atoms with Crippen LogP contribution in [0.3, 0.4) is 0 Å². The minimum absolute atomic E-state index is 0.276. The average molecular weight is 585 g/mol. The number of nitriles is 3. The molecular formula is C31H19F3N4OS2. The van der Waals surface area contributed by atoms with Crippen LogP contribution in [0, 0.1) is 34.0 Å². The van der Waals surface area contributed by atoms with Crippen LogP contribution in [-0.2, 0) is 10.3 Å². The molecule has 1 aliphatic rings. The van der Waals surface area contributed by atoms with Crippen LogP contribution in [0.2, 0.25) is 0 Å². The molecule has 2 aromatic heterocycles. The fourth-order valence-electron chi connectivity index (χ4n) is 4.60. The van der Waals surface area contributed by atoms with Crippen molar-refractivity contribution in [2.75, 3.05) is 19.0 Å². The molecule has 4 aromatic rings. The number of thiophene rings is 2. The summed E-state index contributed by atoms with van der Waals surface area (Å²) in [6, 6.07) is 23.8. The fourth-order valence-corrected chi connectivity index (χ4v) is 6.92. The van der Waals surface area contributed by atoms with Gasteiger partial charge in [-0.3, -0.25) is 0 Å². The molecule has 0 saturated heterocycles. The van der Waals surface area contributed by atoms with Gasteiger partial charge in [-0.1, -0.05) is 48.5 Å². The monoisotopic (exact) mass is 584 g/mol. The van der Waals surface area contributed by atoms with E-state index in [0.717, 1.165) is 25.5 Å². The Morgan fingerprint density at radius 3 is 2.12 bits per heavy atom. The number of halogens is 3. The molecule has 1 aliphatic heterocycles. The maximum Gasteiger partial charge on any atom is 0.437 e. The molecule has 1 atom stereocenters. The van der Waals surface area contributed by atoms with Crippen LogP contribution in [-0.4, -0.2) is 20.3 Å². The lowest BCUT2D eigenvalue weighted by Crippen LogP contribution is -2.43. The summed E-state index contributed by atoms with van der Waals surface area (Å²) in [7, 11) is 3.94. The number of hydrogen-bond acceptors (Lipinski definition) is 7. The van der Waals surface area contributed by atoms with Gasteiger partial charge in [-0.2, -0.15) is 29.0 Å². The first-order chi connectivity index (χ1) is 19.6. The minimum Gasteiger partial charge on any atom is -0.465 e. The van der Waals surface area contributed by atoms with E-state index < -0.39 is 34.3 Å². The van der Waals surface area contributed by atoms with Gasteiger partial charge in [0.1, 0.15) is 23.8 Å². The Bertz CT molecular complexity index is 1810. The van der Waals surface area contributed by atoms with Crippen molar-refractivity contribution in [2.24, 2.45) is 0 Å². The van der Waals surface area contributed by atoms with E-state index in [2.05, 4.69) is 0 Å². The quantitative estimate of drug-likeness (QED) is 0.220. The first-order valence-corrected chi connectivity index (χ1v) is 13.8. The molecule has 2 aromatic carbocycles. The topological polar surface area (TPSA) is 83.8 Å². The second-order valence-electron chi connectivity index (χ2n) is 9.24. The van der Waals surface area contributed by atoms with Crippen molar-refractivity contribution in [1.82, 2.24) is 0 Å². The minimum atomic E-state index is -5.03. The SMILES string of the molecule is CN(C)c1ccc(-c2cc3sc(/C=C/C4=C(C#N)C(=C(C#N)C#N)OC4(c4ccccc4)C(F)(F)F)cc3s2)cc1.